The van der Waals surface area contributed by atoms with Gasteiger partial charge in [0.1, 0.15) is 0 Å². The minimum absolute atomic E-state index is 0.342. The molecule has 0 aliphatic carbocycles. The van der Waals surface area contributed by atoms with E-state index in [1.807, 2.05) is 0 Å². The van der Waals surface area contributed by atoms with Gasteiger partial charge in [0.2, 0.25) is 0 Å². The van der Waals surface area contributed by atoms with Gasteiger partial charge in [-0.1, -0.05) is 0 Å². The van der Waals surface area contributed by atoms with Crippen molar-refractivity contribution in [3.05, 3.63) is 0 Å². The molecule has 22 heavy (non-hydrogen) atoms. The van der Waals surface area contributed by atoms with Gasteiger partial charge < -0.3 is 4.74 Å². The van der Waals surface area contributed by atoms with Gasteiger partial charge in [-0.25, -0.2) is 0 Å². The predicted molar refractivity (Wildman–Crippen MR) is 91.3 cm³/mol. The summed E-state index contributed by atoms with van der Waals surface area (Å²) in [5, 5.41) is 0. The third-order valence-corrected chi connectivity index (χ3v) is 6.02. The Bertz CT molecular complexity index is 356. The van der Waals surface area contributed by atoms with E-state index in [-0.39, 0.29) is 0 Å². The van der Waals surface area contributed by atoms with Crippen molar-refractivity contribution < 1.29 is 4.74 Å². The summed E-state index contributed by atoms with van der Waals surface area (Å²) < 4.78 is 5.33. The highest BCUT2D eigenvalue weighted by molar-refractivity contribution is 4.88. The molecule has 0 N–H and O–H groups in total. The zero-order valence-corrected chi connectivity index (χ0v) is 15.1. The zero-order chi connectivity index (χ0) is 15.7. The first kappa shape index (κ1) is 16.7. The van der Waals surface area contributed by atoms with Gasteiger partial charge in [0.15, 0.2) is 0 Å². The van der Waals surface area contributed by atoms with E-state index in [2.05, 4.69) is 42.4 Å². The van der Waals surface area contributed by atoms with Gasteiger partial charge in [-0.2, -0.15) is 0 Å². The molecule has 3 aliphatic heterocycles. The number of ether oxygens (including phenoxy) is 1. The van der Waals surface area contributed by atoms with Gasteiger partial charge in [-0.15, -0.1) is 0 Å². The molecule has 3 aliphatic rings. The lowest BCUT2D eigenvalue weighted by atomic mass is 9.98. The van der Waals surface area contributed by atoms with Gasteiger partial charge in [-0.05, 0) is 53.0 Å². The number of piperazine rings is 1. The topological polar surface area (TPSA) is 19.0 Å². The van der Waals surface area contributed by atoms with Gasteiger partial charge >= 0.3 is 0 Å². The molecule has 0 aromatic rings. The van der Waals surface area contributed by atoms with Crippen LogP contribution >= 0.6 is 0 Å². The first-order valence-electron chi connectivity index (χ1n) is 9.24. The largest absolute Gasteiger partial charge is 0.378 e. The Hall–Kier alpha value is -0.160. The van der Waals surface area contributed by atoms with Crippen LogP contribution in [0.2, 0.25) is 0 Å². The molecule has 3 saturated heterocycles. The lowest BCUT2D eigenvalue weighted by Crippen LogP contribution is -2.57. The lowest BCUT2D eigenvalue weighted by Gasteiger charge is -2.44. The van der Waals surface area contributed by atoms with E-state index in [1.54, 1.807) is 0 Å². The Balaban J connectivity index is 1.40. The smallest absolute Gasteiger partial charge is 0.0645 e. The summed E-state index contributed by atoms with van der Waals surface area (Å²) in [5.41, 5.74) is 0.342. The molecule has 128 valence electrons. The summed E-state index contributed by atoms with van der Waals surface area (Å²) in [6.07, 6.45) is 2.76. The maximum Gasteiger partial charge on any atom is 0.0645 e. The SMILES string of the molecule is CC(CC1CCN(C(C)(C)C)C1)N1CCN(C2COC2)CC1. The van der Waals surface area contributed by atoms with E-state index in [1.165, 1.54) is 52.1 Å². The number of nitrogens with zero attached hydrogens (tertiary/aromatic N) is 3. The maximum atomic E-state index is 5.33. The molecule has 0 amide bonds. The van der Waals surface area contributed by atoms with E-state index in [4.69, 9.17) is 4.74 Å². The average molecular weight is 309 g/mol. The monoisotopic (exact) mass is 309 g/mol. The fraction of sp³-hybridized carbons (Fsp3) is 1.00. The van der Waals surface area contributed by atoms with Crippen molar-refractivity contribution in [2.75, 3.05) is 52.5 Å². The van der Waals surface area contributed by atoms with Gasteiger partial charge in [-0.3, -0.25) is 14.7 Å². The van der Waals surface area contributed by atoms with Crippen molar-refractivity contribution >= 4 is 0 Å². The van der Waals surface area contributed by atoms with Crippen LogP contribution in [0.15, 0.2) is 0 Å². The summed E-state index contributed by atoms with van der Waals surface area (Å²) in [6.45, 7) is 19.0. The number of rotatable bonds is 4. The van der Waals surface area contributed by atoms with E-state index in [0.29, 0.717) is 11.6 Å². The Labute approximate surface area is 136 Å². The number of hydrogen-bond acceptors (Lipinski definition) is 4. The normalized spacial score (nSPS) is 31.4. The first-order valence-corrected chi connectivity index (χ1v) is 9.24. The van der Waals surface area contributed by atoms with Crippen LogP contribution < -0.4 is 0 Å². The molecule has 0 radical (unpaired) electrons. The standard InChI is InChI=1S/C18H35N3O/c1-15(11-16-5-6-21(12-16)18(2,3)4)19-7-9-20(10-8-19)17-13-22-14-17/h15-17H,5-14H2,1-4H3. The van der Waals surface area contributed by atoms with Crippen LogP contribution in [-0.4, -0.2) is 84.8 Å². The molecule has 3 heterocycles. The number of likely N-dealkylation sites (tertiary alicyclic amines) is 1. The van der Waals surface area contributed by atoms with Gasteiger partial charge in [0.05, 0.1) is 19.3 Å². The third-order valence-electron chi connectivity index (χ3n) is 6.02. The molecule has 0 aromatic heterocycles. The van der Waals surface area contributed by atoms with E-state index < -0.39 is 0 Å². The highest BCUT2D eigenvalue weighted by Crippen LogP contribution is 2.28. The molecular formula is C18H35N3O. The Morgan fingerprint density at radius 1 is 1.05 bits per heavy atom. The zero-order valence-electron chi connectivity index (χ0n) is 15.1. The molecule has 0 aromatic carbocycles. The van der Waals surface area contributed by atoms with Crippen molar-refractivity contribution in [2.45, 2.75) is 58.2 Å². The fourth-order valence-corrected chi connectivity index (χ4v) is 4.24. The fourth-order valence-electron chi connectivity index (χ4n) is 4.24. The summed E-state index contributed by atoms with van der Waals surface area (Å²) in [4.78, 5) is 8.01. The Morgan fingerprint density at radius 2 is 1.73 bits per heavy atom. The van der Waals surface area contributed by atoms with Crippen LogP contribution in [0.3, 0.4) is 0 Å². The molecule has 0 saturated carbocycles. The second-order valence-corrected chi connectivity index (χ2v) is 8.62. The summed E-state index contributed by atoms with van der Waals surface area (Å²) in [5.74, 6) is 0.896. The highest BCUT2D eigenvalue weighted by Gasteiger charge is 2.33. The van der Waals surface area contributed by atoms with Crippen LogP contribution in [0.5, 0.6) is 0 Å². The van der Waals surface area contributed by atoms with E-state index in [0.717, 1.165) is 25.2 Å². The van der Waals surface area contributed by atoms with Crippen molar-refractivity contribution in [3.63, 3.8) is 0 Å². The van der Waals surface area contributed by atoms with Crippen LogP contribution in [0, 0.1) is 5.92 Å². The second kappa shape index (κ2) is 6.76. The van der Waals surface area contributed by atoms with Crippen LogP contribution in [0.1, 0.15) is 40.5 Å². The van der Waals surface area contributed by atoms with Crippen molar-refractivity contribution in [1.29, 1.82) is 0 Å². The van der Waals surface area contributed by atoms with Gasteiger partial charge in [0.25, 0.3) is 0 Å². The molecule has 2 unspecified atom stereocenters. The molecule has 2 atom stereocenters. The summed E-state index contributed by atoms with van der Waals surface area (Å²) in [7, 11) is 0. The van der Waals surface area contributed by atoms with Gasteiger partial charge in [0, 0.05) is 44.3 Å². The Morgan fingerprint density at radius 3 is 2.23 bits per heavy atom. The van der Waals surface area contributed by atoms with E-state index >= 15 is 0 Å². The minimum Gasteiger partial charge on any atom is -0.378 e. The van der Waals surface area contributed by atoms with Crippen LogP contribution in [0.25, 0.3) is 0 Å². The second-order valence-electron chi connectivity index (χ2n) is 8.62. The van der Waals surface area contributed by atoms with Crippen LogP contribution in [-0.2, 0) is 4.74 Å². The molecule has 0 spiro atoms. The van der Waals surface area contributed by atoms with Crippen LogP contribution in [0.4, 0.5) is 0 Å². The van der Waals surface area contributed by atoms with Crippen molar-refractivity contribution in [3.8, 4) is 0 Å². The molecule has 4 nitrogen and oxygen atoms in total. The molecule has 4 heteroatoms. The minimum atomic E-state index is 0.342. The lowest BCUT2D eigenvalue weighted by molar-refractivity contribution is -0.0797. The summed E-state index contributed by atoms with van der Waals surface area (Å²) in [6, 6.07) is 1.46. The van der Waals surface area contributed by atoms with Crippen molar-refractivity contribution in [2.24, 2.45) is 5.92 Å². The van der Waals surface area contributed by atoms with E-state index in [9.17, 15) is 0 Å². The quantitative estimate of drug-likeness (QED) is 0.789. The third kappa shape index (κ3) is 3.84. The van der Waals surface area contributed by atoms with Crippen molar-refractivity contribution in [1.82, 2.24) is 14.7 Å². The first-order chi connectivity index (χ1) is 10.4. The predicted octanol–water partition coefficient (Wildman–Crippen LogP) is 1.90. The molecule has 3 rings (SSSR count). The highest BCUT2D eigenvalue weighted by atomic mass is 16.5. The number of hydrogen-bond donors (Lipinski definition) is 0. The molecular weight excluding hydrogens is 274 g/mol. The maximum absolute atomic E-state index is 5.33. The Kier molecular flexibility index (Phi) is 5.13. The summed E-state index contributed by atoms with van der Waals surface area (Å²) >= 11 is 0. The molecule has 3 fully saturated rings. The average Bonchev–Trinajstić information content (AvgIpc) is 2.86. The molecule has 0 bridgehead atoms.